The molecule has 3 nitrogen and oxygen atoms in total. The SMILES string of the molecule is N#Cc1ccc(-c2ccc(-c3ccc4cc(-c5ccc(-c6nc7ccc(F)cc7o6)cc5)ccc4c3)cc2)cc1. The first-order valence-corrected chi connectivity index (χ1v) is 12.9. The van der Waals surface area contributed by atoms with Gasteiger partial charge in [0.05, 0.1) is 11.6 Å². The van der Waals surface area contributed by atoms with Crippen LogP contribution in [0, 0.1) is 17.1 Å². The number of hydrogen-bond acceptors (Lipinski definition) is 3. The standard InChI is InChI=1S/C36H21FN2O/c37-33-17-18-34-35(21-33)40-36(39-34)28-11-9-27(10-12-28)30-14-16-31-19-29(13-15-32(31)20-30)26-7-5-25(6-8-26)24-3-1-23(22-38)2-4-24/h1-21H. The highest BCUT2D eigenvalue weighted by molar-refractivity contribution is 5.91. The van der Waals surface area contributed by atoms with E-state index in [1.54, 1.807) is 6.07 Å². The van der Waals surface area contributed by atoms with Crippen LogP contribution in [-0.2, 0) is 0 Å². The van der Waals surface area contributed by atoms with Gasteiger partial charge in [0.15, 0.2) is 5.58 Å². The molecule has 0 atom stereocenters. The molecule has 0 N–H and O–H groups in total. The Bertz CT molecular complexity index is 2050. The lowest BCUT2D eigenvalue weighted by molar-refractivity contribution is 0.602. The summed E-state index contributed by atoms with van der Waals surface area (Å²) >= 11 is 0. The lowest BCUT2D eigenvalue weighted by Crippen LogP contribution is -1.84. The van der Waals surface area contributed by atoms with E-state index in [0.29, 0.717) is 22.6 Å². The molecule has 0 unspecified atom stereocenters. The van der Waals surface area contributed by atoms with Crippen molar-refractivity contribution in [1.82, 2.24) is 4.98 Å². The smallest absolute Gasteiger partial charge is 0.227 e. The Balaban J connectivity index is 1.12. The molecular weight excluding hydrogens is 495 g/mol. The van der Waals surface area contributed by atoms with Crippen LogP contribution in [0.4, 0.5) is 4.39 Å². The highest BCUT2D eigenvalue weighted by Crippen LogP contribution is 2.32. The van der Waals surface area contributed by atoms with Gasteiger partial charge < -0.3 is 4.42 Å². The summed E-state index contributed by atoms with van der Waals surface area (Å²) in [4.78, 5) is 4.48. The van der Waals surface area contributed by atoms with Crippen molar-refractivity contribution in [3.05, 3.63) is 139 Å². The number of halogens is 1. The van der Waals surface area contributed by atoms with Crippen molar-refractivity contribution < 1.29 is 8.81 Å². The monoisotopic (exact) mass is 516 g/mol. The van der Waals surface area contributed by atoms with Crippen molar-refractivity contribution in [1.29, 1.82) is 5.26 Å². The fourth-order valence-electron chi connectivity index (χ4n) is 5.02. The normalized spacial score (nSPS) is 11.1. The van der Waals surface area contributed by atoms with E-state index in [2.05, 4.69) is 83.8 Å². The Morgan fingerprint density at radius 3 is 1.55 bits per heavy atom. The summed E-state index contributed by atoms with van der Waals surface area (Å²) in [6, 6.07) is 43.8. The van der Waals surface area contributed by atoms with Gasteiger partial charge in [-0.3, -0.25) is 0 Å². The molecule has 0 amide bonds. The van der Waals surface area contributed by atoms with Crippen LogP contribution in [0.3, 0.4) is 0 Å². The highest BCUT2D eigenvalue weighted by atomic mass is 19.1. The topological polar surface area (TPSA) is 49.8 Å². The van der Waals surface area contributed by atoms with E-state index in [4.69, 9.17) is 9.68 Å². The third kappa shape index (κ3) is 4.40. The molecule has 40 heavy (non-hydrogen) atoms. The van der Waals surface area contributed by atoms with Crippen molar-refractivity contribution in [3.8, 4) is 50.9 Å². The van der Waals surface area contributed by atoms with Crippen molar-refractivity contribution >= 4 is 21.9 Å². The first-order valence-electron chi connectivity index (χ1n) is 12.9. The first-order chi connectivity index (χ1) is 19.6. The van der Waals surface area contributed by atoms with Crippen molar-refractivity contribution in [2.75, 3.05) is 0 Å². The van der Waals surface area contributed by atoms with Crippen LogP contribution >= 0.6 is 0 Å². The predicted molar refractivity (Wildman–Crippen MR) is 158 cm³/mol. The molecule has 4 heteroatoms. The summed E-state index contributed by atoms with van der Waals surface area (Å²) in [6.45, 7) is 0. The quantitative estimate of drug-likeness (QED) is 0.234. The van der Waals surface area contributed by atoms with Crippen LogP contribution in [0.25, 0.3) is 66.7 Å². The van der Waals surface area contributed by atoms with Gasteiger partial charge in [-0.1, -0.05) is 72.8 Å². The van der Waals surface area contributed by atoms with Crippen LogP contribution in [0.15, 0.2) is 132 Å². The summed E-state index contributed by atoms with van der Waals surface area (Å²) in [6.07, 6.45) is 0. The molecular formula is C36H21FN2O. The molecule has 0 saturated heterocycles. The molecule has 0 aliphatic rings. The van der Waals surface area contributed by atoms with Gasteiger partial charge in [0.25, 0.3) is 0 Å². The van der Waals surface area contributed by atoms with Crippen LogP contribution in [0.2, 0.25) is 0 Å². The summed E-state index contributed by atoms with van der Waals surface area (Å²) < 4.78 is 19.3. The Labute approximate surface area is 230 Å². The second-order valence-corrected chi connectivity index (χ2v) is 9.75. The van der Waals surface area contributed by atoms with E-state index in [1.807, 2.05) is 36.4 Å². The predicted octanol–water partition coefficient (Wildman–Crippen LogP) is 9.66. The van der Waals surface area contributed by atoms with Gasteiger partial charge >= 0.3 is 0 Å². The van der Waals surface area contributed by atoms with E-state index in [0.717, 1.165) is 38.9 Å². The zero-order valence-corrected chi connectivity index (χ0v) is 21.3. The van der Waals surface area contributed by atoms with E-state index < -0.39 is 0 Å². The van der Waals surface area contributed by atoms with Crippen molar-refractivity contribution in [3.63, 3.8) is 0 Å². The molecule has 0 fully saturated rings. The van der Waals surface area contributed by atoms with Gasteiger partial charge in [-0.25, -0.2) is 9.37 Å². The number of aromatic nitrogens is 1. The summed E-state index contributed by atoms with van der Waals surface area (Å²) in [5.41, 5.74) is 9.32. The van der Waals surface area contributed by atoms with Crippen molar-refractivity contribution in [2.24, 2.45) is 0 Å². The zero-order valence-electron chi connectivity index (χ0n) is 21.3. The average Bonchev–Trinajstić information content (AvgIpc) is 3.44. The Kier molecular flexibility index (Phi) is 5.69. The number of fused-ring (bicyclic) bond motifs is 2. The third-order valence-corrected chi connectivity index (χ3v) is 7.22. The molecule has 0 radical (unpaired) electrons. The largest absolute Gasteiger partial charge is 0.436 e. The van der Waals surface area contributed by atoms with Crippen LogP contribution in [-0.4, -0.2) is 4.98 Å². The van der Waals surface area contributed by atoms with Gasteiger partial charge in [0, 0.05) is 11.6 Å². The fourth-order valence-corrected chi connectivity index (χ4v) is 5.02. The number of rotatable bonds is 4. The molecule has 0 aliphatic heterocycles. The average molecular weight is 517 g/mol. The number of nitrogens with zero attached hydrogens (tertiary/aromatic N) is 2. The molecule has 6 aromatic carbocycles. The maximum absolute atomic E-state index is 13.5. The van der Waals surface area contributed by atoms with Crippen LogP contribution in [0.5, 0.6) is 0 Å². The number of hydrogen-bond donors (Lipinski definition) is 0. The summed E-state index contributed by atoms with van der Waals surface area (Å²) in [5.74, 6) is 0.134. The zero-order chi connectivity index (χ0) is 27.1. The minimum atomic E-state index is -0.341. The number of oxazole rings is 1. The van der Waals surface area contributed by atoms with E-state index >= 15 is 0 Å². The summed E-state index contributed by atoms with van der Waals surface area (Å²) in [7, 11) is 0. The third-order valence-electron chi connectivity index (χ3n) is 7.22. The first kappa shape index (κ1) is 23.6. The molecule has 1 heterocycles. The lowest BCUT2D eigenvalue weighted by Gasteiger charge is -2.09. The molecule has 7 rings (SSSR count). The fraction of sp³-hybridized carbons (Fsp3) is 0. The molecule has 0 bridgehead atoms. The van der Waals surface area contributed by atoms with E-state index in [-0.39, 0.29) is 5.82 Å². The molecule has 0 spiro atoms. The van der Waals surface area contributed by atoms with Gasteiger partial charge in [-0.2, -0.15) is 5.26 Å². The molecule has 0 saturated carbocycles. The highest BCUT2D eigenvalue weighted by Gasteiger charge is 2.10. The molecule has 1 aromatic heterocycles. The van der Waals surface area contributed by atoms with Gasteiger partial charge in [0.1, 0.15) is 11.3 Å². The van der Waals surface area contributed by atoms with Crippen molar-refractivity contribution in [2.45, 2.75) is 0 Å². The Morgan fingerprint density at radius 1 is 0.525 bits per heavy atom. The van der Waals surface area contributed by atoms with Crippen LogP contribution < -0.4 is 0 Å². The minimum absolute atomic E-state index is 0.341. The Morgan fingerprint density at radius 2 is 1.00 bits per heavy atom. The Hall–Kier alpha value is -5.53. The van der Waals surface area contributed by atoms with Gasteiger partial charge in [-0.05, 0) is 92.7 Å². The second kappa shape index (κ2) is 9.65. The second-order valence-electron chi connectivity index (χ2n) is 9.75. The number of benzene rings is 6. The van der Waals surface area contributed by atoms with E-state index in [1.165, 1.54) is 22.9 Å². The number of nitriles is 1. The maximum Gasteiger partial charge on any atom is 0.227 e. The molecule has 7 aromatic rings. The maximum atomic E-state index is 13.5. The van der Waals surface area contributed by atoms with Gasteiger partial charge in [-0.15, -0.1) is 0 Å². The lowest BCUT2D eigenvalue weighted by atomic mass is 9.96. The summed E-state index contributed by atoms with van der Waals surface area (Å²) in [5, 5.41) is 11.4. The van der Waals surface area contributed by atoms with Crippen LogP contribution in [0.1, 0.15) is 5.56 Å². The minimum Gasteiger partial charge on any atom is -0.436 e. The van der Waals surface area contributed by atoms with E-state index in [9.17, 15) is 4.39 Å². The molecule has 0 aliphatic carbocycles. The molecule has 188 valence electrons. The van der Waals surface area contributed by atoms with Gasteiger partial charge in [0.2, 0.25) is 5.89 Å².